The largest absolute Gasteiger partial charge is 0.351 e. The molecule has 0 radical (unpaired) electrons. The number of nitrogens with zero attached hydrogens (tertiary/aromatic N) is 4. The number of hydrogen-bond acceptors (Lipinski definition) is 7. The van der Waals surface area contributed by atoms with Crippen molar-refractivity contribution in [3.8, 4) is 0 Å². The molecule has 1 fully saturated rings. The number of aryl methyl sites for hydroxylation is 1. The Morgan fingerprint density at radius 3 is 2.42 bits per heavy atom. The van der Waals surface area contributed by atoms with Crippen molar-refractivity contribution in [1.82, 2.24) is 19.5 Å². The van der Waals surface area contributed by atoms with E-state index in [0.29, 0.717) is 25.2 Å². The molecule has 1 aliphatic rings. The van der Waals surface area contributed by atoms with Gasteiger partial charge in [0.05, 0.1) is 15.1 Å². The van der Waals surface area contributed by atoms with Gasteiger partial charge in [-0.25, -0.2) is 13.4 Å². The number of anilines is 1. The SMILES string of the molecule is CCN(Cc1ccccc1)S(=O)(=O)c1ccc(C(=O)NCCN2CCN(c3nc4ccc(C)cc4s3)CC2)cc1. The maximum absolute atomic E-state index is 13.2. The molecular formula is C30H35N5O3S2. The van der Waals surface area contributed by atoms with E-state index in [1.54, 1.807) is 23.5 Å². The van der Waals surface area contributed by atoms with E-state index in [1.807, 2.05) is 37.3 Å². The first-order chi connectivity index (χ1) is 19.3. The van der Waals surface area contributed by atoms with Gasteiger partial charge in [0.2, 0.25) is 10.0 Å². The molecule has 0 bridgehead atoms. The van der Waals surface area contributed by atoms with Crippen molar-refractivity contribution in [3.05, 3.63) is 89.5 Å². The van der Waals surface area contributed by atoms with Crippen molar-refractivity contribution in [2.45, 2.75) is 25.3 Å². The second kappa shape index (κ2) is 12.5. The second-order valence-electron chi connectivity index (χ2n) is 9.99. The lowest BCUT2D eigenvalue weighted by Gasteiger charge is -2.34. The standard InChI is InChI=1S/C30H35N5O3S2/c1-3-35(22-24-7-5-4-6-8-24)40(37,38)26-12-10-25(11-13-26)29(36)31-15-16-33-17-19-34(20-18-33)30-32-27-14-9-23(2)21-28(27)39-30/h4-14,21H,3,15-20,22H2,1-2H3,(H,31,36). The van der Waals surface area contributed by atoms with Crippen LogP contribution in [0.25, 0.3) is 10.2 Å². The average Bonchev–Trinajstić information content (AvgIpc) is 3.40. The molecule has 1 N–H and O–H groups in total. The average molecular weight is 578 g/mol. The van der Waals surface area contributed by atoms with Crippen molar-refractivity contribution >= 4 is 42.6 Å². The molecule has 0 saturated carbocycles. The molecule has 1 aromatic heterocycles. The molecule has 4 aromatic rings. The number of piperazine rings is 1. The van der Waals surface area contributed by atoms with Crippen LogP contribution < -0.4 is 10.2 Å². The summed E-state index contributed by atoms with van der Waals surface area (Å²) < 4.78 is 29.0. The van der Waals surface area contributed by atoms with Crippen LogP contribution in [0.3, 0.4) is 0 Å². The Morgan fingerprint density at radius 2 is 1.73 bits per heavy atom. The summed E-state index contributed by atoms with van der Waals surface area (Å²) in [5, 5.41) is 4.04. The molecule has 210 valence electrons. The minimum absolute atomic E-state index is 0.183. The third-order valence-electron chi connectivity index (χ3n) is 7.20. The van der Waals surface area contributed by atoms with E-state index in [1.165, 1.54) is 26.7 Å². The molecule has 3 aromatic carbocycles. The third kappa shape index (κ3) is 6.52. The first-order valence-electron chi connectivity index (χ1n) is 13.6. The van der Waals surface area contributed by atoms with Crippen LogP contribution in [-0.2, 0) is 16.6 Å². The molecule has 1 saturated heterocycles. The van der Waals surface area contributed by atoms with Crippen LogP contribution in [0.2, 0.25) is 0 Å². The molecule has 1 aliphatic heterocycles. The van der Waals surface area contributed by atoms with E-state index < -0.39 is 10.0 Å². The monoisotopic (exact) mass is 577 g/mol. The number of aromatic nitrogens is 1. The molecule has 1 amide bonds. The topological polar surface area (TPSA) is 85.8 Å². The van der Waals surface area contributed by atoms with Gasteiger partial charge >= 0.3 is 0 Å². The van der Waals surface area contributed by atoms with Crippen molar-refractivity contribution in [1.29, 1.82) is 0 Å². The Labute approximate surface area is 240 Å². The quantitative estimate of drug-likeness (QED) is 0.301. The fourth-order valence-corrected chi connectivity index (χ4v) is 7.38. The van der Waals surface area contributed by atoms with E-state index >= 15 is 0 Å². The summed E-state index contributed by atoms with van der Waals surface area (Å²) in [6, 6.07) is 22.1. The van der Waals surface area contributed by atoms with E-state index in [4.69, 9.17) is 4.98 Å². The van der Waals surface area contributed by atoms with Crippen LogP contribution in [0.15, 0.2) is 77.7 Å². The summed E-state index contributed by atoms with van der Waals surface area (Å²) in [6.45, 7) is 9.50. The molecule has 10 heteroatoms. The Hall–Kier alpha value is -3.31. The van der Waals surface area contributed by atoms with Crippen molar-refractivity contribution in [2.24, 2.45) is 0 Å². The number of amides is 1. The zero-order valence-electron chi connectivity index (χ0n) is 22.9. The highest BCUT2D eigenvalue weighted by atomic mass is 32.2. The summed E-state index contributed by atoms with van der Waals surface area (Å²) in [5.74, 6) is -0.205. The number of nitrogens with one attached hydrogen (secondary N) is 1. The van der Waals surface area contributed by atoms with Crippen LogP contribution in [0.5, 0.6) is 0 Å². The van der Waals surface area contributed by atoms with Crippen molar-refractivity contribution in [3.63, 3.8) is 0 Å². The Balaban J connectivity index is 1.09. The van der Waals surface area contributed by atoms with Gasteiger partial charge in [-0.2, -0.15) is 4.31 Å². The predicted molar refractivity (Wildman–Crippen MR) is 161 cm³/mol. The van der Waals surface area contributed by atoms with Gasteiger partial charge < -0.3 is 10.2 Å². The van der Waals surface area contributed by atoms with Gasteiger partial charge in [-0.05, 0) is 54.4 Å². The molecule has 5 rings (SSSR count). The first-order valence-corrected chi connectivity index (χ1v) is 15.9. The van der Waals surface area contributed by atoms with Gasteiger partial charge in [0, 0.05) is 57.9 Å². The second-order valence-corrected chi connectivity index (χ2v) is 12.9. The van der Waals surface area contributed by atoms with Crippen LogP contribution in [0.4, 0.5) is 5.13 Å². The first kappa shape index (κ1) is 28.2. The lowest BCUT2D eigenvalue weighted by atomic mass is 10.2. The van der Waals surface area contributed by atoms with Gasteiger partial charge in [-0.1, -0.05) is 54.7 Å². The maximum atomic E-state index is 13.2. The molecule has 0 unspecified atom stereocenters. The summed E-state index contributed by atoms with van der Waals surface area (Å²) >= 11 is 1.74. The number of rotatable bonds is 10. The van der Waals surface area contributed by atoms with Crippen LogP contribution >= 0.6 is 11.3 Å². The molecular weight excluding hydrogens is 542 g/mol. The normalized spacial score (nSPS) is 14.6. The lowest BCUT2D eigenvalue weighted by Crippen LogP contribution is -2.48. The van der Waals surface area contributed by atoms with E-state index in [0.717, 1.165) is 48.9 Å². The smallest absolute Gasteiger partial charge is 0.251 e. The summed E-state index contributed by atoms with van der Waals surface area (Å²) in [6.07, 6.45) is 0. The van der Waals surface area contributed by atoms with Gasteiger partial charge in [-0.15, -0.1) is 0 Å². The Morgan fingerprint density at radius 1 is 1.00 bits per heavy atom. The minimum Gasteiger partial charge on any atom is -0.351 e. The molecule has 0 spiro atoms. The van der Waals surface area contributed by atoms with Crippen LogP contribution in [-0.4, -0.2) is 74.3 Å². The van der Waals surface area contributed by atoms with Crippen molar-refractivity contribution < 1.29 is 13.2 Å². The number of thiazole rings is 1. The summed E-state index contributed by atoms with van der Waals surface area (Å²) in [5.41, 5.74) is 3.67. The molecule has 0 atom stereocenters. The van der Waals surface area contributed by atoms with Gasteiger partial charge in [0.25, 0.3) is 5.91 Å². The maximum Gasteiger partial charge on any atom is 0.251 e. The van der Waals surface area contributed by atoms with Crippen LogP contribution in [0.1, 0.15) is 28.4 Å². The van der Waals surface area contributed by atoms with Gasteiger partial charge in [0.15, 0.2) is 5.13 Å². The van der Waals surface area contributed by atoms with E-state index in [9.17, 15) is 13.2 Å². The van der Waals surface area contributed by atoms with E-state index in [2.05, 4.69) is 40.2 Å². The highest BCUT2D eigenvalue weighted by Gasteiger charge is 2.24. The number of carbonyl (C=O) groups is 1. The minimum atomic E-state index is -3.67. The highest BCUT2D eigenvalue weighted by Crippen LogP contribution is 2.30. The van der Waals surface area contributed by atoms with Gasteiger partial charge in [0.1, 0.15) is 0 Å². The molecule has 2 heterocycles. The number of benzene rings is 3. The molecule has 40 heavy (non-hydrogen) atoms. The fraction of sp³-hybridized carbons (Fsp3) is 0.333. The number of sulfonamides is 1. The fourth-order valence-electron chi connectivity index (χ4n) is 4.83. The Bertz CT molecular complexity index is 1550. The number of fused-ring (bicyclic) bond motifs is 1. The summed E-state index contributed by atoms with van der Waals surface area (Å²) in [7, 11) is -3.67. The number of hydrogen-bond donors (Lipinski definition) is 1. The highest BCUT2D eigenvalue weighted by molar-refractivity contribution is 7.89. The summed E-state index contributed by atoms with van der Waals surface area (Å²) in [4.78, 5) is 22.4. The lowest BCUT2D eigenvalue weighted by molar-refractivity contribution is 0.0947. The van der Waals surface area contributed by atoms with Crippen LogP contribution in [0, 0.1) is 6.92 Å². The molecule has 8 nitrogen and oxygen atoms in total. The number of carbonyl (C=O) groups excluding carboxylic acids is 1. The zero-order valence-corrected chi connectivity index (χ0v) is 24.5. The molecule has 0 aliphatic carbocycles. The predicted octanol–water partition coefficient (Wildman–Crippen LogP) is 4.37. The van der Waals surface area contributed by atoms with E-state index in [-0.39, 0.29) is 10.8 Å². The zero-order chi connectivity index (χ0) is 28.1. The Kier molecular flexibility index (Phi) is 8.80. The third-order valence-corrected chi connectivity index (χ3v) is 10.2. The van der Waals surface area contributed by atoms with Gasteiger partial charge in [-0.3, -0.25) is 9.69 Å². The van der Waals surface area contributed by atoms with Crippen molar-refractivity contribution in [2.75, 3.05) is 50.7 Å².